The molecule has 9 heteroatoms. The van der Waals surface area contributed by atoms with Crippen LogP contribution in [0.3, 0.4) is 0 Å². The van der Waals surface area contributed by atoms with E-state index in [1.54, 1.807) is 6.07 Å². The van der Waals surface area contributed by atoms with Crippen molar-refractivity contribution in [3.63, 3.8) is 0 Å². The SMILES string of the molecule is O=c1[nH]c2ccc(S(=O)(=O)N[C@@H]3CCOc4ccccc43)cc2[nH]c1=O. The monoisotopic (exact) mass is 373 g/mol. The Morgan fingerprint density at radius 1 is 1.00 bits per heavy atom. The van der Waals surface area contributed by atoms with Crippen molar-refractivity contribution in [3.05, 3.63) is 68.7 Å². The van der Waals surface area contributed by atoms with Gasteiger partial charge < -0.3 is 14.7 Å². The molecule has 2 aromatic carbocycles. The molecule has 8 nitrogen and oxygen atoms in total. The van der Waals surface area contributed by atoms with E-state index < -0.39 is 27.2 Å². The quantitative estimate of drug-likeness (QED) is 0.592. The van der Waals surface area contributed by atoms with Crippen LogP contribution in [0.2, 0.25) is 0 Å². The van der Waals surface area contributed by atoms with Gasteiger partial charge in [0, 0.05) is 12.0 Å². The number of rotatable bonds is 3. The third-order valence-corrected chi connectivity index (χ3v) is 5.73. The average Bonchev–Trinajstić information content (AvgIpc) is 2.62. The Morgan fingerprint density at radius 3 is 2.54 bits per heavy atom. The molecule has 134 valence electrons. The molecule has 0 spiro atoms. The summed E-state index contributed by atoms with van der Waals surface area (Å²) in [4.78, 5) is 27.6. The third kappa shape index (κ3) is 2.91. The maximum Gasteiger partial charge on any atom is 0.314 e. The molecule has 3 N–H and O–H groups in total. The largest absolute Gasteiger partial charge is 0.493 e. The average molecular weight is 373 g/mol. The number of sulfonamides is 1. The molecular weight excluding hydrogens is 358 g/mol. The second-order valence-electron chi connectivity index (χ2n) is 5.96. The molecule has 0 bridgehead atoms. The Balaban J connectivity index is 1.71. The van der Waals surface area contributed by atoms with E-state index in [9.17, 15) is 18.0 Å². The molecule has 0 saturated heterocycles. The molecule has 0 aliphatic carbocycles. The van der Waals surface area contributed by atoms with Gasteiger partial charge in [0.1, 0.15) is 5.75 Å². The lowest BCUT2D eigenvalue weighted by atomic mass is 10.0. The molecule has 1 atom stereocenters. The van der Waals surface area contributed by atoms with E-state index in [1.165, 1.54) is 18.2 Å². The highest BCUT2D eigenvalue weighted by atomic mass is 32.2. The number of aromatic nitrogens is 2. The molecule has 0 amide bonds. The first-order chi connectivity index (χ1) is 12.4. The molecule has 3 aromatic rings. The second kappa shape index (κ2) is 6.11. The number of hydrogen-bond donors (Lipinski definition) is 3. The van der Waals surface area contributed by atoms with Crippen LogP contribution in [0, 0.1) is 0 Å². The lowest BCUT2D eigenvalue weighted by molar-refractivity contribution is 0.263. The molecule has 0 radical (unpaired) electrons. The van der Waals surface area contributed by atoms with Crippen LogP contribution < -0.4 is 20.6 Å². The number of para-hydroxylation sites is 1. The molecule has 4 rings (SSSR count). The minimum Gasteiger partial charge on any atom is -0.493 e. The Hall–Kier alpha value is -2.91. The van der Waals surface area contributed by atoms with E-state index in [0.717, 1.165) is 5.56 Å². The minimum absolute atomic E-state index is 0.00308. The number of fused-ring (bicyclic) bond motifs is 2. The molecule has 1 aliphatic rings. The first-order valence-electron chi connectivity index (χ1n) is 7.94. The summed E-state index contributed by atoms with van der Waals surface area (Å²) in [6, 6.07) is 11.0. The zero-order valence-electron chi connectivity index (χ0n) is 13.5. The van der Waals surface area contributed by atoms with Crippen LogP contribution in [0.4, 0.5) is 0 Å². The van der Waals surface area contributed by atoms with Crippen LogP contribution in [0.15, 0.2) is 56.9 Å². The van der Waals surface area contributed by atoms with E-state index in [2.05, 4.69) is 14.7 Å². The molecule has 0 fully saturated rings. The summed E-state index contributed by atoms with van der Waals surface area (Å²) in [5.41, 5.74) is -0.251. The Bertz CT molecular complexity index is 1210. The summed E-state index contributed by atoms with van der Waals surface area (Å²) in [5, 5.41) is 0. The van der Waals surface area contributed by atoms with Gasteiger partial charge >= 0.3 is 11.1 Å². The van der Waals surface area contributed by atoms with E-state index in [-0.39, 0.29) is 10.4 Å². The van der Waals surface area contributed by atoms with Crippen molar-refractivity contribution >= 4 is 21.1 Å². The van der Waals surface area contributed by atoms with E-state index >= 15 is 0 Å². The number of benzene rings is 2. The van der Waals surface area contributed by atoms with Gasteiger partial charge in [0.2, 0.25) is 10.0 Å². The molecular formula is C17H15N3O5S. The van der Waals surface area contributed by atoms with Crippen molar-refractivity contribution in [1.29, 1.82) is 0 Å². The number of H-pyrrole nitrogens is 2. The lowest BCUT2D eigenvalue weighted by Gasteiger charge is -2.26. The van der Waals surface area contributed by atoms with Crippen molar-refractivity contribution in [2.45, 2.75) is 17.4 Å². The van der Waals surface area contributed by atoms with Crippen molar-refractivity contribution in [2.24, 2.45) is 0 Å². The van der Waals surface area contributed by atoms with Gasteiger partial charge in [-0.3, -0.25) is 9.59 Å². The summed E-state index contributed by atoms with van der Waals surface area (Å²) < 4.78 is 33.8. The maximum atomic E-state index is 12.8. The normalized spacial score (nSPS) is 16.8. The lowest BCUT2D eigenvalue weighted by Crippen LogP contribution is -2.32. The van der Waals surface area contributed by atoms with Crippen molar-refractivity contribution in [3.8, 4) is 5.75 Å². The van der Waals surface area contributed by atoms with Crippen LogP contribution in [-0.4, -0.2) is 25.0 Å². The molecule has 2 heterocycles. The van der Waals surface area contributed by atoms with Crippen molar-refractivity contribution in [1.82, 2.24) is 14.7 Å². The molecule has 1 aliphatic heterocycles. The first-order valence-corrected chi connectivity index (χ1v) is 9.43. The summed E-state index contributed by atoms with van der Waals surface area (Å²) >= 11 is 0. The Labute approximate surface area is 147 Å². The van der Waals surface area contributed by atoms with Crippen LogP contribution in [-0.2, 0) is 10.0 Å². The van der Waals surface area contributed by atoms with Crippen molar-refractivity contribution < 1.29 is 13.2 Å². The number of ether oxygens (including phenoxy) is 1. The van der Waals surface area contributed by atoms with Gasteiger partial charge in [-0.1, -0.05) is 18.2 Å². The number of hydrogen-bond acceptors (Lipinski definition) is 5. The summed E-state index contributed by atoms with van der Waals surface area (Å²) in [6.45, 7) is 0.413. The molecule has 0 unspecified atom stereocenters. The Morgan fingerprint density at radius 2 is 1.73 bits per heavy atom. The van der Waals surface area contributed by atoms with E-state index in [4.69, 9.17) is 4.74 Å². The van der Waals surface area contributed by atoms with Gasteiger partial charge in [-0.2, -0.15) is 0 Å². The molecule has 0 saturated carbocycles. The molecule has 26 heavy (non-hydrogen) atoms. The predicted molar refractivity (Wildman–Crippen MR) is 94.8 cm³/mol. The van der Waals surface area contributed by atoms with Crippen LogP contribution in [0.1, 0.15) is 18.0 Å². The zero-order valence-corrected chi connectivity index (χ0v) is 14.3. The standard InChI is InChI=1S/C17H15N3O5S/c21-16-17(22)19-14-9-10(5-6-13(14)18-16)26(23,24)20-12-7-8-25-15-4-2-1-3-11(12)15/h1-6,9,12,20H,7-8H2,(H,18,21)(H,19,22)/t12-/m1/s1. The minimum atomic E-state index is -3.84. The van der Waals surface area contributed by atoms with Crippen LogP contribution in [0.5, 0.6) is 5.75 Å². The van der Waals surface area contributed by atoms with Gasteiger partial charge in [-0.15, -0.1) is 0 Å². The summed E-state index contributed by atoms with van der Waals surface area (Å²) in [7, 11) is -3.84. The number of nitrogens with one attached hydrogen (secondary N) is 3. The van der Waals surface area contributed by atoms with Gasteiger partial charge in [-0.05, 0) is 24.3 Å². The smallest absolute Gasteiger partial charge is 0.314 e. The summed E-state index contributed by atoms with van der Waals surface area (Å²) in [6.07, 6.45) is 0.508. The fraction of sp³-hybridized carbons (Fsp3) is 0.176. The van der Waals surface area contributed by atoms with Gasteiger partial charge in [-0.25, -0.2) is 13.1 Å². The van der Waals surface area contributed by atoms with Gasteiger partial charge in [0.15, 0.2) is 0 Å². The fourth-order valence-corrected chi connectivity index (χ4v) is 4.26. The van der Waals surface area contributed by atoms with E-state index in [1.807, 2.05) is 18.2 Å². The predicted octanol–water partition coefficient (Wildman–Crippen LogP) is 1.02. The summed E-state index contributed by atoms with van der Waals surface area (Å²) in [5.74, 6) is 0.659. The Kier molecular flexibility index (Phi) is 3.89. The topological polar surface area (TPSA) is 121 Å². The molecule has 1 aromatic heterocycles. The first kappa shape index (κ1) is 16.6. The number of aromatic amines is 2. The highest BCUT2D eigenvalue weighted by molar-refractivity contribution is 7.89. The van der Waals surface area contributed by atoms with Crippen LogP contribution in [0.25, 0.3) is 11.0 Å². The fourth-order valence-electron chi connectivity index (χ4n) is 2.98. The van der Waals surface area contributed by atoms with Gasteiger partial charge in [0.05, 0.1) is 28.6 Å². The van der Waals surface area contributed by atoms with Gasteiger partial charge in [0.25, 0.3) is 0 Å². The van der Waals surface area contributed by atoms with E-state index in [0.29, 0.717) is 24.3 Å². The van der Waals surface area contributed by atoms with Crippen molar-refractivity contribution in [2.75, 3.05) is 6.61 Å². The maximum absolute atomic E-state index is 12.8. The third-order valence-electron chi connectivity index (χ3n) is 4.26. The zero-order chi connectivity index (χ0) is 18.3. The van der Waals surface area contributed by atoms with Crippen LogP contribution >= 0.6 is 0 Å². The highest BCUT2D eigenvalue weighted by Crippen LogP contribution is 2.32. The second-order valence-corrected chi connectivity index (χ2v) is 7.68. The highest BCUT2D eigenvalue weighted by Gasteiger charge is 2.26.